The molecule has 4 atom stereocenters. The van der Waals surface area contributed by atoms with Crippen molar-refractivity contribution in [3.8, 4) is 0 Å². The average Bonchev–Trinajstić information content (AvgIpc) is 2.16. The fourth-order valence-electron chi connectivity index (χ4n) is 3.44. The molecule has 3 saturated carbocycles. The van der Waals surface area contributed by atoms with Gasteiger partial charge in [-0.05, 0) is 42.4 Å². The molecule has 0 radical (unpaired) electrons. The van der Waals surface area contributed by atoms with Crippen LogP contribution >= 0.6 is 15.9 Å². The summed E-state index contributed by atoms with van der Waals surface area (Å²) in [6.07, 6.45) is 3.82. The smallest absolute Gasteiger partial charge is 0.0667 e. The maximum Gasteiger partial charge on any atom is 0.0667 e. The van der Waals surface area contributed by atoms with Crippen LogP contribution in [0.25, 0.3) is 0 Å². The lowest BCUT2D eigenvalue weighted by molar-refractivity contribution is -0.132. The van der Waals surface area contributed by atoms with Crippen molar-refractivity contribution < 1.29 is 5.11 Å². The fourth-order valence-corrected chi connectivity index (χ4v) is 3.92. The number of alkyl halides is 1. The van der Waals surface area contributed by atoms with Crippen molar-refractivity contribution >= 4 is 15.9 Å². The van der Waals surface area contributed by atoms with Gasteiger partial charge in [-0.15, -0.1) is 0 Å². The number of fused-ring (bicyclic) bond motifs is 2. The first-order chi connectivity index (χ1) is 6.07. The molecule has 0 amide bonds. The Labute approximate surface area is 89.0 Å². The number of aliphatic hydroxyl groups excluding tert-OH is 1. The maximum absolute atomic E-state index is 9.86. The van der Waals surface area contributed by atoms with Gasteiger partial charge in [-0.1, -0.05) is 29.8 Å². The monoisotopic (exact) mass is 246 g/mol. The van der Waals surface area contributed by atoms with Crippen LogP contribution in [0.15, 0.2) is 0 Å². The summed E-state index contributed by atoms with van der Waals surface area (Å²) in [6, 6.07) is 0. The van der Waals surface area contributed by atoms with E-state index in [2.05, 4.69) is 29.8 Å². The van der Waals surface area contributed by atoms with Crippen LogP contribution in [-0.2, 0) is 0 Å². The first kappa shape index (κ1) is 9.97. The van der Waals surface area contributed by atoms with Crippen molar-refractivity contribution in [1.29, 1.82) is 0 Å². The van der Waals surface area contributed by atoms with E-state index < -0.39 is 0 Å². The van der Waals surface area contributed by atoms with Gasteiger partial charge in [-0.2, -0.15) is 0 Å². The molecular formula is C11H19BrO. The second-order valence-corrected chi connectivity index (χ2v) is 5.97. The van der Waals surface area contributed by atoms with Gasteiger partial charge in [0.05, 0.1) is 6.10 Å². The molecule has 1 N–H and O–H groups in total. The van der Waals surface area contributed by atoms with Crippen LogP contribution in [0, 0.1) is 23.2 Å². The summed E-state index contributed by atoms with van der Waals surface area (Å²) in [6.45, 7) is 4.75. The molecule has 76 valence electrons. The van der Waals surface area contributed by atoms with E-state index in [9.17, 15) is 5.11 Å². The van der Waals surface area contributed by atoms with Crippen LogP contribution in [0.1, 0.15) is 33.1 Å². The van der Waals surface area contributed by atoms with Crippen molar-refractivity contribution in [2.75, 3.05) is 5.33 Å². The van der Waals surface area contributed by atoms with Gasteiger partial charge in [0.15, 0.2) is 0 Å². The van der Waals surface area contributed by atoms with Gasteiger partial charge in [0.2, 0.25) is 0 Å². The highest BCUT2D eigenvalue weighted by atomic mass is 79.9. The summed E-state index contributed by atoms with van der Waals surface area (Å²) in [7, 11) is 0. The molecule has 3 rings (SSSR count). The third kappa shape index (κ3) is 1.37. The van der Waals surface area contributed by atoms with E-state index in [-0.39, 0.29) is 6.10 Å². The van der Waals surface area contributed by atoms with E-state index in [0.717, 1.165) is 17.2 Å². The van der Waals surface area contributed by atoms with Crippen LogP contribution in [0.5, 0.6) is 0 Å². The van der Waals surface area contributed by atoms with Gasteiger partial charge in [0.1, 0.15) is 0 Å². The minimum absolute atomic E-state index is 0.120. The predicted molar refractivity (Wildman–Crippen MR) is 57.9 cm³/mol. The van der Waals surface area contributed by atoms with Gasteiger partial charge in [0.25, 0.3) is 0 Å². The van der Waals surface area contributed by atoms with Gasteiger partial charge in [-0.25, -0.2) is 0 Å². The molecule has 0 saturated heterocycles. The third-order valence-electron chi connectivity index (χ3n) is 4.56. The Morgan fingerprint density at radius 2 is 2.15 bits per heavy atom. The molecule has 2 bridgehead atoms. The Hall–Kier alpha value is 0.440. The molecule has 0 heterocycles. The lowest BCUT2D eigenvalue weighted by Crippen LogP contribution is -2.55. The van der Waals surface area contributed by atoms with Crippen LogP contribution in [0.4, 0.5) is 0 Å². The molecule has 0 aromatic carbocycles. The number of hydrogen-bond donors (Lipinski definition) is 1. The Bertz CT molecular complexity index is 200. The molecule has 0 aromatic rings. The molecule has 3 aliphatic carbocycles. The summed E-state index contributed by atoms with van der Waals surface area (Å²) < 4.78 is 0. The van der Waals surface area contributed by atoms with Gasteiger partial charge >= 0.3 is 0 Å². The molecule has 3 fully saturated rings. The summed E-state index contributed by atoms with van der Waals surface area (Å²) in [4.78, 5) is 0. The van der Waals surface area contributed by atoms with Crippen molar-refractivity contribution in [3.05, 3.63) is 0 Å². The minimum atomic E-state index is -0.120. The minimum Gasteiger partial charge on any atom is -0.392 e. The fraction of sp³-hybridized carbons (Fsp3) is 1.00. The highest BCUT2D eigenvalue weighted by Crippen LogP contribution is 2.61. The number of hydrogen-bond acceptors (Lipinski definition) is 1. The lowest BCUT2D eigenvalue weighted by Gasteiger charge is -2.61. The molecule has 1 nitrogen and oxygen atoms in total. The van der Waals surface area contributed by atoms with E-state index in [1.54, 1.807) is 0 Å². The maximum atomic E-state index is 9.86. The molecule has 4 unspecified atom stereocenters. The zero-order valence-corrected chi connectivity index (χ0v) is 10.0. The number of rotatable bonds is 2. The summed E-state index contributed by atoms with van der Waals surface area (Å²) >= 11 is 3.38. The zero-order chi connectivity index (χ0) is 9.64. The normalized spacial score (nSPS) is 43.8. The van der Waals surface area contributed by atoms with Crippen LogP contribution in [0.2, 0.25) is 0 Å². The predicted octanol–water partition coefficient (Wildman–Crippen LogP) is 2.81. The van der Waals surface area contributed by atoms with Crippen LogP contribution < -0.4 is 0 Å². The summed E-state index contributed by atoms with van der Waals surface area (Å²) in [5.74, 6) is 2.27. The second kappa shape index (κ2) is 3.23. The van der Waals surface area contributed by atoms with Crippen molar-refractivity contribution in [2.45, 2.75) is 39.2 Å². The van der Waals surface area contributed by atoms with Gasteiger partial charge in [0, 0.05) is 5.33 Å². The van der Waals surface area contributed by atoms with Crippen LogP contribution in [0.3, 0.4) is 0 Å². The van der Waals surface area contributed by atoms with E-state index >= 15 is 0 Å². The van der Waals surface area contributed by atoms with Crippen molar-refractivity contribution in [1.82, 2.24) is 0 Å². The molecule has 0 aromatic heterocycles. The number of halogens is 1. The van der Waals surface area contributed by atoms with E-state index in [0.29, 0.717) is 11.3 Å². The standard InChI is InChI=1S/C11H19BrO/c1-11(2)7-3-4-8(9(11)5-7)10(13)6-12/h7-10,13H,3-6H2,1-2H3. The topological polar surface area (TPSA) is 20.2 Å². The van der Waals surface area contributed by atoms with Crippen LogP contribution in [-0.4, -0.2) is 16.5 Å². The first-order valence-electron chi connectivity index (χ1n) is 5.31. The largest absolute Gasteiger partial charge is 0.392 e. The third-order valence-corrected chi connectivity index (χ3v) is 5.23. The zero-order valence-electron chi connectivity index (χ0n) is 8.46. The Morgan fingerprint density at radius 1 is 1.46 bits per heavy atom. The quantitative estimate of drug-likeness (QED) is 0.744. The van der Waals surface area contributed by atoms with E-state index in [4.69, 9.17) is 0 Å². The van der Waals surface area contributed by atoms with E-state index in [1.165, 1.54) is 19.3 Å². The van der Waals surface area contributed by atoms with Crippen molar-refractivity contribution in [3.63, 3.8) is 0 Å². The van der Waals surface area contributed by atoms with Gasteiger partial charge in [-0.3, -0.25) is 0 Å². The molecule has 3 aliphatic rings. The van der Waals surface area contributed by atoms with Crippen molar-refractivity contribution in [2.24, 2.45) is 23.2 Å². The Balaban J connectivity index is 2.07. The SMILES string of the molecule is CC1(C)C2CCC(C(O)CBr)C1C2. The Morgan fingerprint density at radius 3 is 2.62 bits per heavy atom. The highest BCUT2D eigenvalue weighted by molar-refractivity contribution is 9.09. The highest BCUT2D eigenvalue weighted by Gasteiger charge is 2.55. The summed E-state index contributed by atoms with van der Waals surface area (Å²) in [5.41, 5.74) is 0.506. The number of aliphatic hydroxyl groups is 1. The second-order valence-electron chi connectivity index (χ2n) is 5.32. The molecule has 0 aliphatic heterocycles. The lowest BCUT2D eigenvalue weighted by atomic mass is 9.45. The first-order valence-corrected chi connectivity index (χ1v) is 6.43. The Kier molecular flexibility index (Phi) is 2.48. The van der Waals surface area contributed by atoms with E-state index in [1.807, 2.05) is 0 Å². The average molecular weight is 247 g/mol. The molecule has 13 heavy (non-hydrogen) atoms. The van der Waals surface area contributed by atoms with Gasteiger partial charge < -0.3 is 5.11 Å². The molecular weight excluding hydrogens is 228 g/mol. The molecule has 0 spiro atoms. The summed E-state index contributed by atoms with van der Waals surface area (Å²) in [5, 5.41) is 10.6. The molecule has 2 heteroatoms.